The Kier molecular flexibility index (Phi) is 13.8. The Morgan fingerprint density at radius 3 is 2.12 bits per heavy atom. The van der Waals surface area contributed by atoms with Crippen molar-refractivity contribution in [3.63, 3.8) is 0 Å². The Bertz CT molecular complexity index is 240. The molecule has 1 aromatic carbocycles. The number of nitrogens with zero attached hydrogens (tertiary/aromatic N) is 1. The molecule has 0 amide bonds. The quantitative estimate of drug-likeness (QED) is 0.725. The maximum absolute atomic E-state index is 3.40. The van der Waals surface area contributed by atoms with E-state index in [1.807, 2.05) is 6.07 Å². The van der Waals surface area contributed by atoms with Gasteiger partial charge in [0, 0.05) is 18.8 Å². The number of para-hydroxylation sites is 1. The molecule has 0 saturated carbocycles. The molecule has 1 rings (SSSR count). The molecule has 16 heavy (non-hydrogen) atoms. The van der Waals surface area contributed by atoms with E-state index in [-0.39, 0.29) is 41.9 Å². The van der Waals surface area contributed by atoms with Crippen LogP contribution in [0.15, 0.2) is 30.3 Å². The van der Waals surface area contributed by atoms with Crippen molar-refractivity contribution in [1.29, 1.82) is 0 Å². The fourth-order valence-electron chi connectivity index (χ4n) is 1.45. The number of hydrogen-bond donors (Lipinski definition) is 1. The summed E-state index contributed by atoms with van der Waals surface area (Å²) < 4.78 is 0. The predicted molar refractivity (Wildman–Crippen MR) is 78.4 cm³/mol. The van der Waals surface area contributed by atoms with Gasteiger partial charge in [-0.3, -0.25) is 0 Å². The molecule has 1 aromatic rings. The predicted octanol–water partition coefficient (Wildman–Crippen LogP) is 0.876. The molecule has 0 spiro atoms. The van der Waals surface area contributed by atoms with E-state index in [2.05, 4.69) is 48.3 Å². The van der Waals surface area contributed by atoms with Gasteiger partial charge >= 0.3 is 41.9 Å². The van der Waals surface area contributed by atoms with Crippen LogP contribution in [0.25, 0.3) is 0 Å². The molecule has 0 saturated heterocycles. The molecule has 4 heteroatoms. The SMILES string of the molecule is CCN(CC)CCNc1ccccc1.[LiH].[MgH2]. The molecule has 0 aliphatic heterocycles. The maximum Gasteiger partial charge on any atom is 0.316 e. The molecule has 0 aromatic heterocycles. The van der Waals surface area contributed by atoms with Crippen molar-refractivity contribution in [3.8, 4) is 0 Å². The Hall–Kier alpha value is 0.344. The summed E-state index contributed by atoms with van der Waals surface area (Å²) in [5.41, 5.74) is 1.21. The third-order valence-corrected chi connectivity index (χ3v) is 2.43. The number of anilines is 1. The van der Waals surface area contributed by atoms with Gasteiger partial charge in [0.15, 0.2) is 0 Å². The summed E-state index contributed by atoms with van der Waals surface area (Å²) in [5, 5.41) is 3.40. The van der Waals surface area contributed by atoms with Crippen LogP contribution in [0.1, 0.15) is 13.8 Å². The second-order valence-corrected chi connectivity index (χ2v) is 3.32. The number of rotatable bonds is 6. The monoisotopic (exact) mass is 226 g/mol. The molecule has 0 atom stereocenters. The van der Waals surface area contributed by atoms with Gasteiger partial charge in [-0.05, 0) is 25.2 Å². The normalized spacial score (nSPS) is 9.19. The van der Waals surface area contributed by atoms with Crippen molar-refractivity contribution in [2.24, 2.45) is 0 Å². The standard InChI is InChI=1S/C12H20N2.Li.Mg.3H/c1-3-14(4-2)11-10-13-12-8-6-5-7-9-12;;;;;/h5-9,13H,3-4,10-11H2,1-2H3;;;;;. The van der Waals surface area contributed by atoms with Gasteiger partial charge in [-0.2, -0.15) is 0 Å². The van der Waals surface area contributed by atoms with E-state index < -0.39 is 0 Å². The van der Waals surface area contributed by atoms with Crippen LogP contribution >= 0.6 is 0 Å². The molecule has 2 nitrogen and oxygen atoms in total. The summed E-state index contributed by atoms with van der Waals surface area (Å²) in [7, 11) is 0. The Balaban J connectivity index is 0. The molecular formula is C12H23LiMgN2. The summed E-state index contributed by atoms with van der Waals surface area (Å²) in [5.74, 6) is 0. The summed E-state index contributed by atoms with van der Waals surface area (Å²) in [6.07, 6.45) is 0. The minimum Gasteiger partial charge on any atom is 0.316 e. The number of likely N-dealkylation sites (N-methyl/N-ethyl adjacent to an activating group) is 1. The van der Waals surface area contributed by atoms with Crippen LogP contribution < -0.4 is 5.32 Å². The Morgan fingerprint density at radius 2 is 1.62 bits per heavy atom. The zero-order chi connectivity index (χ0) is 10.2. The van der Waals surface area contributed by atoms with Crippen LogP contribution in [-0.2, 0) is 0 Å². The first-order valence-corrected chi connectivity index (χ1v) is 5.38. The van der Waals surface area contributed by atoms with Crippen molar-refractivity contribution >= 4 is 47.6 Å². The zero-order valence-corrected chi connectivity index (χ0v) is 9.16. The second kappa shape index (κ2) is 11.8. The molecular weight excluding hydrogens is 203 g/mol. The van der Waals surface area contributed by atoms with E-state index in [1.165, 1.54) is 5.69 Å². The van der Waals surface area contributed by atoms with Crippen molar-refractivity contribution in [2.75, 3.05) is 31.5 Å². The average molecular weight is 227 g/mol. The smallest absolute Gasteiger partial charge is 0.316 e. The molecule has 0 aliphatic rings. The fraction of sp³-hybridized carbons (Fsp3) is 0.500. The number of benzene rings is 1. The third kappa shape index (κ3) is 7.59. The summed E-state index contributed by atoms with van der Waals surface area (Å²) in [6.45, 7) is 8.80. The van der Waals surface area contributed by atoms with Gasteiger partial charge in [0.05, 0.1) is 0 Å². The van der Waals surface area contributed by atoms with Crippen LogP contribution in [-0.4, -0.2) is 73.0 Å². The first kappa shape index (κ1) is 18.7. The van der Waals surface area contributed by atoms with E-state index in [4.69, 9.17) is 0 Å². The van der Waals surface area contributed by atoms with Gasteiger partial charge in [0.25, 0.3) is 0 Å². The van der Waals surface area contributed by atoms with Crippen molar-refractivity contribution < 1.29 is 0 Å². The molecule has 0 fully saturated rings. The molecule has 1 N–H and O–H groups in total. The third-order valence-electron chi connectivity index (χ3n) is 2.43. The Labute approximate surface area is 127 Å². The molecule has 0 unspecified atom stereocenters. The molecule has 0 aliphatic carbocycles. The van der Waals surface area contributed by atoms with Crippen molar-refractivity contribution in [2.45, 2.75) is 13.8 Å². The van der Waals surface area contributed by atoms with Crippen molar-refractivity contribution in [3.05, 3.63) is 30.3 Å². The largest absolute Gasteiger partial charge is 0.316 e. The van der Waals surface area contributed by atoms with Crippen molar-refractivity contribution in [1.82, 2.24) is 4.90 Å². The molecule has 0 heterocycles. The van der Waals surface area contributed by atoms with Gasteiger partial charge < -0.3 is 10.2 Å². The first-order valence-electron chi connectivity index (χ1n) is 5.38. The molecule has 84 valence electrons. The first-order chi connectivity index (χ1) is 6.86. The van der Waals surface area contributed by atoms with Gasteiger partial charge in [-0.25, -0.2) is 0 Å². The van der Waals surface area contributed by atoms with E-state index in [9.17, 15) is 0 Å². The van der Waals surface area contributed by atoms with E-state index in [0.29, 0.717) is 0 Å². The minimum atomic E-state index is 0. The maximum atomic E-state index is 3.40. The van der Waals surface area contributed by atoms with Gasteiger partial charge in [0.1, 0.15) is 0 Å². The van der Waals surface area contributed by atoms with Crippen LogP contribution in [0.5, 0.6) is 0 Å². The van der Waals surface area contributed by atoms with Gasteiger partial charge in [-0.15, -0.1) is 0 Å². The van der Waals surface area contributed by atoms with Crippen LogP contribution in [0.2, 0.25) is 0 Å². The van der Waals surface area contributed by atoms with Gasteiger partial charge in [0.2, 0.25) is 0 Å². The number of nitrogens with one attached hydrogen (secondary N) is 1. The summed E-state index contributed by atoms with van der Waals surface area (Å²) >= 11 is 0. The Morgan fingerprint density at radius 1 is 1.06 bits per heavy atom. The molecule has 0 bridgehead atoms. The zero-order valence-electron chi connectivity index (χ0n) is 9.16. The molecule has 0 radical (unpaired) electrons. The average Bonchev–Trinajstić information content (AvgIpc) is 2.26. The van der Waals surface area contributed by atoms with E-state index in [0.717, 1.165) is 26.2 Å². The van der Waals surface area contributed by atoms with Crippen LogP contribution in [0, 0.1) is 0 Å². The second-order valence-electron chi connectivity index (χ2n) is 3.32. The fourth-order valence-corrected chi connectivity index (χ4v) is 1.45. The minimum absolute atomic E-state index is 0. The topological polar surface area (TPSA) is 15.3 Å². The van der Waals surface area contributed by atoms with E-state index in [1.54, 1.807) is 0 Å². The summed E-state index contributed by atoms with van der Waals surface area (Å²) in [4.78, 5) is 2.41. The van der Waals surface area contributed by atoms with Gasteiger partial charge in [-0.1, -0.05) is 32.0 Å². The van der Waals surface area contributed by atoms with Crippen LogP contribution in [0.3, 0.4) is 0 Å². The van der Waals surface area contributed by atoms with Crippen LogP contribution in [0.4, 0.5) is 5.69 Å². The summed E-state index contributed by atoms with van der Waals surface area (Å²) in [6, 6.07) is 10.3. The number of hydrogen-bond acceptors (Lipinski definition) is 2. The van der Waals surface area contributed by atoms with E-state index >= 15 is 0 Å².